The molecule has 0 bridgehead atoms. The van der Waals surface area contributed by atoms with E-state index in [1.165, 1.54) is 6.92 Å². The van der Waals surface area contributed by atoms with Crippen LogP contribution in [-0.2, 0) is 4.79 Å². The second kappa shape index (κ2) is 9.22. The van der Waals surface area contributed by atoms with Crippen molar-refractivity contribution in [2.24, 2.45) is 0 Å². The zero-order valence-corrected chi connectivity index (χ0v) is 17.6. The summed E-state index contributed by atoms with van der Waals surface area (Å²) in [6, 6.07) is 24.3. The summed E-state index contributed by atoms with van der Waals surface area (Å²) < 4.78 is 0. The van der Waals surface area contributed by atoms with Crippen molar-refractivity contribution < 1.29 is 4.79 Å². The minimum absolute atomic E-state index is 0.00835. The van der Waals surface area contributed by atoms with Crippen molar-refractivity contribution in [3.8, 4) is 11.1 Å². The Morgan fingerprint density at radius 3 is 2.16 bits per heavy atom. The highest BCUT2D eigenvalue weighted by atomic mass is 16.1. The molecule has 1 atom stereocenters. The normalized spacial score (nSPS) is 11.5. The Hall–Kier alpha value is -3.99. The van der Waals surface area contributed by atoms with Gasteiger partial charge in [0.25, 0.3) is 0 Å². The van der Waals surface area contributed by atoms with Gasteiger partial charge in [0.05, 0.1) is 29.8 Å². The lowest BCUT2D eigenvalue weighted by Crippen LogP contribution is -2.22. The highest BCUT2D eigenvalue weighted by molar-refractivity contribution is 5.89. The molecule has 5 heteroatoms. The first-order valence-corrected chi connectivity index (χ1v) is 10.2. The van der Waals surface area contributed by atoms with E-state index < -0.39 is 0 Å². The van der Waals surface area contributed by atoms with Crippen LogP contribution in [0.25, 0.3) is 11.1 Å². The molecule has 0 fully saturated rings. The van der Waals surface area contributed by atoms with Crippen molar-refractivity contribution in [1.29, 1.82) is 0 Å². The lowest BCUT2D eigenvalue weighted by Gasteiger charge is -2.32. The molecule has 0 aliphatic heterocycles. The number of nitrogens with one attached hydrogen (secondary N) is 1. The summed E-state index contributed by atoms with van der Waals surface area (Å²) in [7, 11) is 0. The van der Waals surface area contributed by atoms with Crippen molar-refractivity contribution in [2.75, 3.05) is 10.2 Å². The van der Waals surface area contributed by atoms with Gasteiger partial charge in [0.2, 0.25) is 5.91 Å². The van der Waals surface area contributed by atoms with Crippen LogP contribution >= 0.6 is 0 Å². The van der Waals surface area contributed by atoms with Crippen LogP contribution < -0.4 is 10.2 Å². The van der Waals surface area contributed by atoms with Crippen LogP contribution in [0.3, 0.4) is 0 Å². The second-order valence-electron chi connectivity index (χ2n) is 7.32. The number of nitrogens with zero attached hydrogens (tertiary/aromatic N) is 3. The van der Waals surface area contributed by atoms with Crippen LogP contribution in [0, 0.1) is 0 Å². The van der Waals surface area contributed by atoms with Crippen molar-refractivity contribution in [2.45, 2.75) is 19.9 Å². The lowest BCUT2D eigenvalue weighted by molar-refractivity contribution is -0.114. The molecule has 2 aromatic carbocycles. The number of aromatic nitrogens is 2. The third kappa shape index (κ3) is 4.61. The van der Waals surface area contributed by atoms with Gasteiger partial charge in [-0.2, -0.15) is 0 Å². The predicted octanol–water partition coefficient (Wildman–Crippen LogP) is 6.00. The van der Waals surface area contributed by atoms with Gasteiger partial charge in [-0.3, -0.25) is 14.8 Å². The van der Waals surface area contributed by atoms with Gasteiger partial charge in [-0.15, -0.1) is 0 Å². The van der Waals surface area contributed by atoms with Gasteiger partial charge in [0, 0.05) is 25.0 Å². The van der Waals surface area contributed by atoms with Crippen molar-refractivity contribution in [3.05, 3.63) is 103 Å². The predicted molar refractivity (Wildman–Crippen MR) is 125 cm³/mol. The number of rotatable bonds is 6. The van der Waals surface area contributed by atoms with Crippen molar-refractivity contribution in [1.82, 2.24) is 9.97 Å². The fourth-order valence-corrected chi connectivity index (χ4v) is 3.82. The second-order valence-corrected chi connectivity index (χ2v) is 7.32. The van der Waals surface area contributed by atoms with Gasteiger partial charge < -0.3 is 10.2 Å². The molecule has 31 heavy (non-hydrogen) atoms. The Kier molecular flexibility index (Phi) is 6.03. The SMILES string of the molecule is CC(=O)Nc1cccc(-c2ccccc2C(C)N(c2cccnc2)c2cccnc2)c1. The summed E-state index contributed by atoms with van der Waals surface area (Å²) in [6.07, 6.45) is 7.28. The van der Waals surface area contributed by atoms with E-state index in [2.05, 4.69) is 63.5 Å². The molecule has 0 radical (unpaired) electrons. The Morgan fingerprint density at radius 1 is 0.871 bits per heavy atom. The van der Waals surface area contributed by atoms with E-state index in [0.717, 1.165) is 33.8 Å². The fourth-order valence-electron chi connectivity index (χ4n) is 3.82. The quantitative estimate of drug-likeness (QED) is 0.425. The lowest BCUT2D eigenvalue weighted by atomic mass is 9.94. The average molecular weight is 409 g/mol. The van der Waals surface area contributed by atoms with Crippen LogP contribution in [0.2, 0.25) is 0 Å². The molecule has 2 aromatic heterocycles. The highest BCUT2D eigenvalue weighted by Crippen LogP contribution is 2.38. The van der Waals surface area contributed by atoms with E-state index in [-0.39, 0.29) is 11.9 Å². The molecule has 0 spiro atoms. The van der Waals surface area contributed by atoms with Crippen molar-refractivity contribution >= 4 is 23.0 Å². The van der Waals surface area contributed by atoms with Crippen molar-refractivity contribution in [3.63, 3.8) is 0 Å². The van der Waals surface area contributed by atoms with E-state index >= 15 is 0 Å². The summed E-state index contributed by atoms with van der Waals surface area (Å²) in [5.74, 6) is -0.0851. The average Bonchev–Trinajstić information content (AvgIpc) is 2.80. The zero-order valence-electron chi connectivity index (χ0n) is 17.6. The number of carbonyl (C=O) groups is 1. The van der Waals surface area contributed by atoms with Gasteiger partial charge in [0.1, 0.15) is 0 Å². The molecule has 154 valence electrons. The van der Waals surface area contributed by atoms with Gasteiger partial charge in [0.15, 0.2) is 0 Å². The number of amides is 1. The summed E-state index contributed by atoms with van der Waals surface area (Å²) in [4.78, 5) is 22.4. The molecule has 0 saturated heterocycles. The molecule has 1 N–H and O–H groups in total. The Balaban J connectivity index is 1.80. The highest BCUT2D eigenvalue weighted by Gasteiger charge is 2.21. The summed E-state index contributed by atoms with van der Waals surface area (Å²) >= 11 is 0. The maximum Gasteiger partial charge on any atom is 0.221 e. The van der Waals surface area contributed by atoms with Gasteiger partial charge in [-0.25, -0.2) is 0 Å². The smallest absolute Gasteiger partial charge is 0.221 e. The Bertz CT molecular complexity index is 1120. The first-order valence-electron chi connectivity index (χ1n) is 10.2. The molecule has 4 aromatic rings. The van der Waals surface area contributed by atoms with Crippen LogP contribution in [0.1, 0.15) is 25.5 Å². The van der Waals surface area contributed by atoms with Gasteiger partial charge in [-0.05, 0) is 60.0 Å². The monoisotopic (exact) mass is 408 g/mol. The molecule has 4 rings (SSSR count). The number of hydrogen-bond donors (Lipinski definition) is 1. The molecule has 1 amide bonds. The first-order chi connectivity index (χ1) is 15.1. The van der Waals surface area contributed by atoms with E-state index in [1.54, 1.807) is 12.4 Å². The summed E-state index contributed by atoms with van der Waals surface area (Å²) in [5, 5.41) is 2.87. The van der Waals surface area contributed by atoms with E-state index in [9.17, 15) is 4.79 Å². The summed E-state index contributed by atoms with van der Waals surface area (Å²) in [5.41, 5.74) is 6.08. The Labute approximate surface area is 182 Å². The Morgan fingerprint density at radius 2 is 1.55 bits per heavy atom. The minimum Gasteiger partial charge on any atom is -0.332 e. The molecule has 0 aliphatic rings. The molecular weight excluding hydrogens is 384 g/mol. The molecule has 0 saturated carbocycles. The third-order valence-electron chi connectivity index (χ3n) is 5.14. The number of benzene rings is 2. The summed E-state index contributed by atoms with van der Waals surface area (Å²) in [6.45, 7) is 3.69. The number of anilines is 3. The van der Waals surface area contributed by atoms with E-state index in [0.29, 0.717) is 0 Å². The number of pyridine rings is 2. The molecule has 2 heterocycles. The fraction of sp³-hybridized carbons (Fsp3) is 0.115. The first kappa shape index (κ1) is 20.3. The minimum atomic E-state index is -0.0851. The standard InChI is InChI=1S/C26H24N4O/c1-19(30(23-10-6-14-27-17-23)24-11-7-15-28-18-24)25-12-3-4-13-26(25)21-8-5-9-22(16-21)29-20(2)31/h3-19H,1-2H3,(H,29,31). The zero-order chi connectivity index (χ0) is 21.6. The van der Waals surface area contributed by atoms with E-state index in [4.69, 9.17) is 0 Å². The van der Waals surface area contributed by atoms with Crippen LogP contribution in [0.5, 0.6) is 0 Å². The van der Waals surface area contributed by atoms with Crippen LogP contribution in [-0.4, -0.2) is 15.9 Å². The maximum atomic E-state index is 11.5. The van der Waals surface area contributed by atoms with Crippen LogP contribution in [0.15, 0.2) is 97.6 Å². The maximum absolute atomic E-state index is 11.5. The topological polar surface area (TPSA) is 58.1 Å². The van der Waals surface area contributed by atoms with E-state index in [1.807, 2.05) is 48.8 Å². The van der Waals surface area contributed by atoms with Crippen LogP contribution in [0.4, 0.5) is 17.1 Å². The number of carbonyl (C=O) groups excluding carboxylic acids is 1. The molecular formula is C26H24N4O. The molecule has 1 unspecified atom stereocenters. The third-order valence-corrected chi connectivity index (χ3v) is 5.14. The largest absolute Gasteiger partial charge is 0.332 e. The van der Waals surface area contributed by atoms with Gasteiger partial charge >= 0.3 is 0 Å². The van der Waals surface area contributed by atoms with Gasteiger partial charge in [-0.1, -0.05) is 36.4 Å². The number of hydrogen-bond acceptors (Lipinski definition) is 4. The molecule has 0 aliphatic carbocycles. The molecule has 5 nitrogen and oxygen atoms in total.